The monoisotopic (exact) mass is 273 g/mol. The lowest BCUT2D eigenvalue weighted by Crippen LogP contribution is -2.16. The fourth-order valence-electron chi connectivity index (χ4n) is 1.83. The molecule has 3 N–H and O–H groups in total. The minimum Gasteiger partial charge on any atom is -0.370 e. The molecular weight excluding hydrogens is 254 g/mol. The van der Waals surface area contributed by atoms with E-state index in [2.05, 4.69) is 15.5 Å². The standard InChI is InChI=1S/C14H19N5O/c15-14(20)8-4-5-9-16-10-12-11-17-19(18-12)13-6-2-1-3-7-13/h1-3,6-7,11,16H,4-5,8-10H2,(H2,15,20). The molecule has 106 valence electrons. The molecule has 6 nitrogen and oxygen atoms in total. The van der Waals surface area contributed by atoms with Gasteiger partial charge in [-0.3, -0.25) is 4.79 Å². The maximum atomic E-state index is 10.6. The van der Waals surface area contributed by atoms with Gasteiger partial charge in [0.1, 0.15) is 0 Å². The molecule has 0 bridgehead atoms. The third-order valence-corrected chi connectivity index (χ3v) is 2.86. The van der Waals surface area contributed by atoms with Crippen molar-refractivity contribution in [2.24, 2.45) is 5.73 Å². The zero-order chi connectivity index (χ0) is 14.2. The summed E-state index contributed by atoms with van der Waals surface area (Å²) in [5.74, 6) is -0.240. The highest BCUT2D eigenvalue weighted by Gasteiger charge is 2.02. The van der Waals surface area contributed by atoms with Crippen LogP contribution in [-0.4, -0.2) is 27.4 Å². The van der Waals surface area contributed by atoms with Crippen molar-refractivity contribution >= 4 is 5.91 Å². The summed E-state index contributed by atoms with van der Waals surface area (Å²) >= 11 is 0. The number of carbonyl (C=O) groups excluding carboxylic acids is 1. The van der Waals surface area contributed by atoms with E-state index in [1.54, 1.807) is 11.0 Å². The Morgan fingerprint density at radius 3 is 2.80 bits per heavy atom. The lowest BCUT2D eigenvalue weighted by atomic mass is 10.2. The number of hydrogen-bond donors (Lipinski definition) is 2. The number of benzene rings is 1. The van der Waals surface area contributed by atoms with E-state index in [1.807, 2.05) is 30.3 Å². The maximum Gasteiger partial charge on any atom is 0.217 e. The van der Waals surface area contributed by atoms with E-state index >= 15 is 0 Å². The van der Waals surface area contributed by atoms with Crippen LogP contribution in [0.3, 0.4) is 0 Å². The van der Waals surface area contributed by atoms with Crippen molar-refractivity contribution in [3.8, 4) is 5.69 Å². The van der Waals surface area contributed by atoms with Crippen molar-refractivity contribution in [2.75, 3.05) is 6.54 Å². The van der Waals surface area contributed by atoms with Crippen LogP contribution in [0.15, 0.2) is 36.5 Å². The van der Waals surface area contributed by atoms with Gasteiger partial charge in [0.25, 0.3) is 0 Å². The number of nitrogens with one attached hydrogen (secondary N) is 1. The average molecular weight is 273 g/mol. The van der Waals surface area contributed by atoms with Crippen LogP contribution in [0.4, 0.5) is 0 Å². The molecule has 0 atom stereocenters. The summed E-state index contributed by atoms with van der Waals surface area (Å²) in [6.45, 7) is 1.51. The van der Waals surface area contributed by atoms with Crippen molar-refractivity contribution in [2.45, 2.75) is 25.8 Å². The second kappa shape index (κ2) is 7.40. The van der Waals surface area contributed by atoms with Crippen LogP contribution in [0.2, 0.25) is 0 Å². The van der Waals surface area contributed by atoms with Gasteiger partial charge < -0.3 is 11.1 Å². The molecule has 1 heterocycles. The second-order valence-electron chi connectivity index (χ2n) is 4.56. The van der Waals surface area contributed by atoms with Crippen molar-refractivity contribution in [1.82, 2.24) is 20.3 Å². The lowest BCUT2D eigenvalue weighted by molar-refractivity contribution is -0.118. The first-order valence-corrected chi connectivity index (χ1v) is 6.71. The Balaban J connectivity index is 1.72. The van der Waals surface area contributed by atoms with Crippen molar-refractivity contribution in [3.05, 3.63) is 42.2 Å². The summed E-state index contributed by atoms with van der Waals surface area (Å²) < 4.78 is 0. The van der Waals surface area contributed by atoms with E-state index in [9.17, 15) is 4.79 Å². The Hall–Kier alpha value is -2.21. The minimum atomic E-state index is -0.240. The number of rotatable bonds is 8. The summed E-state index contributed by atoms with van der Waals surface area (Å²) in [4.78, 5) is 12.2. The first kappa shape index (κ1) is 14.2. The van der Waals surface area contributed by atoms with Crippen molar-refractivity contribution < 1.29 is 4.79 Å². The summed E-state index contributed by atoms with van der Waals surface area (Å²) in [5, 5.41) is 11.9. The summed E-state index contributed by atoms with van der Waals surface area (Å²) in [5.41, 5.74) is 6.91. The molecule has 0 radical (unpaired) electrons. The first-order valence-electron chi connectivity index (χ1n) is 6.71. The van der Waals surface area contributed by atoms with E-state index in [0.29, 0.717) is 13.0 Å². The molecule has 6 heteroatoms. The number of hydrogen-bond acceptors (Lipinski definition) is 4. The first-order chi connectivity index (χ1) is 9.75. The quantitative estimate of drug-likeness (QED) is 0.703. The highest BCUT2D eigenvalue weighted by atomic mass is 16.1. The van der Waals surface area contributed by atoms with Gasteiger partial charge in [-0.25, -0.2) is 0 Å². The van der Waals surface area contributed by atoms with Gasteiger partial charge in [-0.05, 0) is 31.5 Å². The van der Waals surface area contributed by atoms with Crippen LogP contribution >= 0.6 is 0 Å². The van der Waals surface area contributed by atoms with Gasteiger partial charge in [-0.1, -0.05) is 18.2 Å². The highest BCUT2D eigenvalue weighted by molar-refractivity contribution is 5.73. The zero-order valence-electron chi connectivity index (χ0n) is 11.3. The molecule has 0 fully saturated rings. The smallest absolute Gasteiger partial charge is 0.217 e. The number of amides is 1. The van der Waals surface area contributed by atoms with E-state index in [0.717, 1.165) is 30.8 Å². The summed E-state index contributed by atoms with van der Waals surface area (Å²) in [6, 6.07) is 9.79. The molecule has 0 aliphatic carbocycles. The zero-order valence-corrected chi connectivity index (χ0v) is 11.3. The van der Waals surface area contributed by atoms with E-state index < -0.39 is 0 Å². The minimum absolute atomic E-state index is 0.240. The Labute approximate surface area is 118 Å². The summed E-state index contributed by atoms with van der Waals surface area (Å²) in [6.07, 6.45) is 3.95. The molecule has 0 aliphatic rings. The number of nitrogens with zero attached hydrogens (tertiary/aromatic N) is 3. The third-order valence-electron chi connectivity index (χ3n) is 2.86. The fourth-order valence-corrected chi connectivity index (χ4v) is 1.83. The molecule has 1 aromatic carbocycles. The molecule has 0 aliphatic heterocycles. The fraction of sp³-hybridized carbons (Fsp3) is 0.357. The highest BCUT2D eigenvalue weighted by Crippen LogP contribution is 2.04. The molecule has 2 aromatic rings. The Bertz CT molecular complexity index is 538. The van der Waals surface area contributed by atoms with E-state index in [1.165, 1.54) is 0 Å². The largest absolute Gasteiger partial charge is 0.370 e. The number of unbranched alkanes of at least 4 members (excludes halogenated alkanes) is 1. The lowest BCUT2D eigenvalue weighted by Gasteiger charge is -2.01. The molecular formula is C14H19N5O. The Morgan fingerprint density at radius 1 is 1.25 bits per heavy atom. The van der Waals surface area contributed by atoms with Crippen LogP contribution in [-0.2, 0) is 11.3 Å². The normalized spacial score (nSPS) is 10.6. The number of aromatic nitrogens is 3. The molecule has 0 saturated carbocycles. The average Bonchev–Trinajstić information content (AvgIpc) is 2.92. The van der Waals surface area contributed by atoms with Crippen LogP contribution < -0.4 is 11.1 Å². The Kier molecular flexibility index (Phi) is 5.25. The maximum absolute atomic E-state index is 10.6. The molecule has 0 unspecified atom stereocenters. The molecule has 1 aromatic heterocycles. The van der Waals surface area contributed by atoms with Gasteiger partial charge in [0, 0.05) is 13.0 Å². The van der Waals surface area contributed by atoms with Crippen LogP contribution in [0, 0.1) is 0 Å². The van der Waals surface area contributed by atoms with Crippen LogP contribution in [0.5, 0.6) is 0 Å². The van der Waals surface area contributed by atoms with E-state index in [-0.39, 0.29) is 5.91 Å². The number of primary amides is 1. The van der Waals surface area contributed by atoms with Gasteiger partial charge in [-0.2, -0.15) is 15.0 Å². The molecule has 0 spiro atoms. The Morgan fingerprint density at radius 2 is 2.05 bits per heavy atom. The number of nitrogens with two attached hydrogens (primary N) is 1. The van der Waals surface area contributed by atoms with Gasteiger partial charge in [-0.15, -0.1) is 0 Å². The molecule has 1 amide bonds. The van der Waals surface area contributed by atoms with Crippen LogP contribution in [0.25, 0.3) is 5.69 Å². The summed E-state index contributed by atoms with van der Waals surface area (Å²) in [7, 11) is 0. The number of para-hydroxylation sites is 1. The molecule has 2 rings (SSSR count). The molecule has 20 heavy (non-hydrogen) atoms. The van der Waals surface area contributed by atoms with E-state index in [4.69, 9.17) is 5.73 Å². The van der Waals surface area contributed by atoms with Gasteiger partial charge in [0.15, 0.2) is 0 Å². The SMILES string of the molecule is NC(=O)CCCCNCc1cnn(-c2ccccc2)n1. The number of carbonyl (C=O) groups is 1. The molecule has 0 saturated heterocycles. The van der Waals surface area contributed by atoms with Crippen molar-refractivity contribution in [1.29, 1.82) is 0 Å². The van der Waals surface area contributed by atoms with Gasteiger partial charge >= 0.3 is 0 Å². The third kappa shape index (κ3) is 4.47. The van der Waals surface area contributed by atoms with Gasteiger partial charge in [0.05, 0.1) is 17.6 Å². The van der Waals surface area contributed by atoms with Gasteiger partial charge in [0.2, 0.25) is 5.91 Å². The predicted molar refractivity (Wildman–Crippen MR) is 76.1 cm³/mol. The second-order valence-corrected chi connectivity index (χ2v) is 4.56. The van der Waals surface area contributed by atoms with Crippen molar-refractivity contribution in [3.63, 3.8) is 0 Å². The van der Waals surface area contributed by atoms with Crippen LogP contribution in [0.1, 0.15) is 25.0 Å². The predicted octanol–water partition coefficient (Wildman–Crippen LogP) is 1.01. The topological polar surface area (TPSA) is 85.8 Å².